The summed E-state index contributed by atoms with van der Waals surface area (Å²) < 4.78 is 37.6. The molecule has 1 unspecified atom stereocenters. The van der Waals surface area contributed by atoms with Crippen LogP contribution in [0.3, 0.4) is 0 Å². The zero-order valence-corrected chi connectivity index (χ0v) is 26.5. The molecule has 2 N–H and O–H groups in total. The molecule has 13 heteroatoms. The minimum absolute atomic E-state index is 0.0583. The standard InChI is InChI=1S/C26H54N2O8S3/c1-30-12-13-31-9-6-27-7-10-32-14-16-34-18-20-36-21-19-35-17-15-33-11-8-28-26(29)5-3-2-4-25(39)24(22-37)23-38/h24-25,27,37-39H,2-23H2,1H3,(H,28,29). The predicted octanol–water partition coefficient (Wildman–Crippen LogP) is 1.77. The minimum atomic E-state index is 0.0583. The summed E-state index contributed by atoms with van der Waals surface area (Å²) in [5, 5.41) is 6.41. The summed E-state index contributed by atoms with van der Waals surface area (Å²) in [6.07, 6.45) is 3.34. The third-order valence-electron chi connectivity index (χ3n) is 5.50. The van der Waals surface area contributed by atoms with Crippen molar-refractivity contribution < 1.29 is 38.0 Å². The number of hydrogen-bond acceptors (Lipinski definition) is 12. The zero-order valence-electron chi connectivity index (χ0n) is 23.8. The molecule has 0 aromatic heterocycles. The molecule has 234 valence electrons. The van der Waals surface area contributed by atoms with E-state index < -0.39 is 0 Å². The average Bonchev–Trinajstić information content (AvgIpc) is 2.94. The monoisotopic (exact) mass is 618 g/mol. The van der Waals surface area contributed by atoms with E-state index in [-0.39, 0.29) is 11.2 Å². The van der Waals surface area contributed by atoms with Crippen LogP contribution >= 0.6 is 37.9 Å². The third kappa shape index (κ3) is 29.5. The Bertz CT molecular complexity index is 512. The maximum absolute atomic E-state index is 11.9. The molecule has 0 aromatic rings. The highest BCUT2D eigenvalue weighted by Crippen LogP contribution is 2.20. The topological polar surface area (TPSA) is 106 Å². The Morgan fingerprint density at radius 1 is 0.641 bits per heavy atom. The number of thiol groups is 3. The molecule has 0 bridgehead atoms. The van der Waals surface area contributed by atoms with Crippen LogP contribution in [0, 0.1) is 5.92 Å². The van der Waals surface area contributed by atoms with Gasteiger partial charge in [-0.25, -0.2) is 0 Å². The lowest BCUT2D eigenvalue weighted by Crippen LogP contribution is -2.27. The van der Waals surface area contributed by atoms with E-state index in [1.54, 1.807) is 7.11 Å². The molecular weight excluding hydrogens is 564 g/mol. The van der Waals surface area contributed by atoms with Crippen molar-refractivity contribution in [2.24, 2.45) is 5.92 Å². The van der Waals surface area contributed by atoms with E-state index in [1.807, 2.05) is 0 Å². The van der Waals surface area contributed by atoms with Crippen LogP contribution in [-0.2, 0) is 38.0 Å². The van der Waals surface area contributed by atoms with Crippen LogP contribution in [0.2, 0.25) is 0 Å². The smallest absolute Gasteiger partial charge is 0.220 e. The summed E-state index contributed by atoms with van der Waals surface area (Å²) >= 11 is 13.3. The Morgan fingerprint density at radius 2 is 1.08 bits per heavy atom. The molecule has 0 aliphatic rings. The largest absolute Gasteiger partial charge is 0.382 e. The Hall–Kier alpha value is 0.200. The van der Waals surface area contributed by atoms with Crippen molar-refractivity contribution in [2.45, 2.75) is 30.9 Å². The summed E-state index contributed by atoms with van der Waals surface area (Å²) in [6.45, 7) is 9.24. The van der Waals surface area contributed by atoms with Gasteiger partial charge in [0.25, 0.3) is 0 Å². The van der Waals surface area contributed by atoms with E-state index in [0.717, 1.165) is 43.9 Å². The second-order valence-electron chi connectivity index (χ2n) is 8.71. The van der Waals surface area contributed by atoms with Crippen LogP contribution < -0.4 is 10.6 Å². The summed E-state index contributed by atoms with van der Waals surface area (Å²) in [5.74, 6) is 2.04. The Kier molecular flexibility index (Phi) is 32.9. The number of ether oxygens (including phenoxy) is 7. The number of rotatable bonds is 32. The van der Waals surface area contributed by atoms with Crippen molar-refractivity contribution in [2.75, 3.05) is 124 Å². The van der Waals surface area contributed by atoms with Crippen LogP contribution in [0.1, 0.15) is 25.7 Å². The summed E-state index contributed by atoms with van der Waals surface area (Å²) in [7, 11) is 1.66. The van der Waals surface area contributed by atoms with Crippen molar-refractivity contribution in [3.05, 3.63) is 0 Å². The molecule has 1 amide bonds. The summed E-state index contributed by atoms with van der Waals surface area (Å²) in [6, 6.07) is 0. The SMILES string of the molecule is COCCOCCNCCOCCOCCOCCOCCOCCNC(=O)CCCCC(S)C(CS)CS. The van der Waals surface area contributed by atoms with Crippen molar-refractivity contribution in [1.82, 2.24) is 10.6 Å². The third-order valence-corrected chi connectivity index (χ3v) is 7.12. The Morgan fingerprint density at radius 3 is 1.54 bits per heavy atom. The van der Waals surface area contributed by atoms with E-state index in [1.165, 1.54) is 0 Å². The van der Waals surface area contributed by atoms with Gasteiger partial charge in [-0.2, -0.15) is 37.9 Å². The fourth-order valence-electron chi connectivity index (χ4n) is 3.17. The highest BCUT2D eigenvalue weighted by atomic mass is 32.1. The lowest BCUT2D eigenvalue weighted by molar-refractivity contribution is -0.121. The molecule has 0 saturated heterocycles. The normalized spacial score (nSPS) is 12.3. The van der Waals surface area contributed by atoms with Gasteiger partial charge in [0.05, 0.1) is 85.9 Å². The number of nitrogens with one attached hydrogen (secondary N) is 2. The van der Waals surface area contributed by atoms with Gasteiger partial charge in [0.15, 0.2) is 0 Å². The maximum atomic E-state index is 11.9. The summed E-state index contributed by atoms with van der Waals surface area (Å²) in [5.41, 5.74) is 0. The number of hydrogen-bond donors (Lipinski definition) is 5. The van der Waals surface area contributed by atoms with Gasteiger partial charge in [0.1, 0.15) is 0 Å². The van der Waals surface area contributed by atoms with Crippen LogP contribution in [0.15, 0.2) is 0 Å². The van der Waals surface area contributed by atoms with Crippen molar-refractivity contribution in [1.29, 1.82) is 0 Å². The van der Waals surface area contributed by atoms with Gasteiger partial charge >= 0.3 is 0 Å². The number of amides is 1. The van der Waals surface area contributed by atoms with Gasteiger partial charge in [-0.15, -0.1) is 0 Å². The van der Waals surface area contributed by atoms with E-state index in [9.17, 15) is 4.79 Å². The Labute approximate surface area is 252 Å². The molecule has 0 fully saturated rings. The number of methoxy groups -OCH3 is 1. The molecule has 1 atom stereocenters. The van der Waals surface area contributed by atoms with E-state index in [4.69, 9.17) is 33.2 Å². The highest BCUT2D eigenvalue weighted by molar-refractivity contribution is 7.82. The van der Waals surface area contributed by atoms with E-state index >= 15 is 0 Å². The van der Waals surface area contributed by atoms with Crippen molar-refractivity contribution in [3.63, 3.8) is 0 Å². The molecule has 0 aromatic carbocycles. The van der Waals surface area contributed by atoms with Crippen LogP contribution in [0.5, 0.6) is 0 Å². The molecule has 0 aliphatic heterocycles. The highest BCUT2D eigenvalue weighted by Gasteiger charge is 2.14. The first-order valence-electron chi connectivity index (χ1n) is 14.0. The molecule has 0 rings (SSSR count). The average molecular weight is 619 g/mol. The molecule has 0 radical (unpaired) electrons. The predicted molar refractivity (Wildman–Crippen MR) is 165 cm³/mol. The lowest BCUT2D eigenvalue weighted by Gasteiger charge is -2.19. The second kappa shape index (κ2) is 32.7. The van der Waals surface area contributed by atoms with Crippen LogP contribution in [-0.4, -0.2) is 135 Å². The minimum Gasteiger partial charge on any atom is -0.382 e. The van der Waals surface area contributed by atoms with Gasteiger partial charge in [0, 0.05) is 38.4 Å². The van der Waals surface area contributed by atoms with E-state index in [2.05, 4.69) is 48.5 Å². The van der Waals surface area contributed by atoms with Gasteiger partial charge in [-0.3, -0.25) is 4.79 Å². The molecule has 0 aliphatic carbocycles. The Balaban J connectivity index is 3.20. The zero-order chi connectivity index (χ0) is 28.7. The fraction of sp³-hybridized carbons (Fsp3) is 0.962. The molecular formula is C26H54N2O8S3. The lowest BCUT2D eigenvalue weighted by atomic mass is 10.0. The second-order valence-corrected chi connectivity index (χ2v) is 10.1. The number of carbonyl (C=O) groups is 1. The molecule has 39 heavy (non-hydrogen) atoms. The van der Waals surface area contributed by atoms with Crippen LogP contribution in [0.4, 0.5) is 0 Å². The number of carbonyl (C=O) groups excluding carboxylic acids is 1. The number of unbranched alkanes of at least 4 members (excludes halogenated alkanes) is 1. The first-order valence-corrected chi connectivity index (χ1v) is 15.8. The van der Waals surface area contributed by atoms with Gasteiger partial charge in [-0.1, -0.05) is 6.42 Å². The molecule has 10 nitrogen and oxygen atoms in total. The first kappa shape index (κ1) is 39.2. The van der Waals surface area contributed by atoms with Crippen LogP contribution in [0.25, 0.3) is 0 Å². The van der Waals surface area contributed by atoms with Crippen molar-refractivity contribution >= 4 is 43.8 Å². The molecule has 0 spiro atoms. The van der Waals surface area contributed by atoms with Gasteiger partial charge < -0.3 is 43.8 Å². The summed E-state index contributed by atoms with van der Waals surface area (Å²) in [4.78, 5) is 11.9. The maximum Gasteiger partial charge on any atom is 0.220 e. The molecule has 0 saturated carbocycles. The quantitative estimate of drug-likeness (QED) is 0.0570. The van der Waals surface area contributed by atoms with Crippen molar-refractivity contribution in [3.8, 4) is 0 Å². The fourth-order valence-corrected chi connectivity index (χ4v) is 4.86. The molecule has 0 heterocycles. The first-order chi connectivity index (χ1) is 19.2. The van der Waals surface area contributed by atoms with E-state index in [0.29, 0.717) is 105 Å². The van der Waals surface area contributed by atoms with Gasteiger partial charge in [-0.05, 0) is 30.3 Å². The van der Waals surface area contributed by atoms with Gasteiger partial charge in [0.2, 0.25) is 5.91 Å².